The van der Waals surface area contributed by atoms with E-state index in [0.29, 0.717) is 0 Å². The average Bonchev–Trinajstić information content (AvgIpc) is 3.37. The summed E-state index contributed by atoms with van der Waals surface area (Å²) in [5, 5.41) is 2.19. The summed E-state index contributed by atoms with van der Waals surface area (Å²) in [6.07, 6.45) is 8.97. The third-order valence-corrected chi connectivity index (χ3v) is 12.3. The molecule has 0 aliphatic heterocycles. The van der Waals surface area contributed by atoms with Crippen molar-refractivity contribution in [2.75, 3.05) is 0 Å². The summed E-state index contributed by atoms with van der Waals surface area (Å²) < 4.78 is 0. The van der Waals surface area contributed by atoms with Gasteiger partial charge in [0.15, 0.2) is 0 Å². The molecule has 0 fully saturated rings. The van der Waals surface area contributed by atoms with Crippen LogP contribution in [-0.2, 0) is 0 Å². The molecule has 1 aliphatic carbocycles. The van der Waals surface area contributed by atoms with Crippen LogP contribution in [0.25, 0.3) is 106 Å². The van der Waals surface area contributed by atoms with Crippen LogP contribution in [0.3, 0.4) is 0 Å². The number of rotatable bonds is 8. The average molecular weight is 806 g/mol. The lowest BCUT2D eigenvalue weighted by Crippen LogP contribution is -1.96. The normalized spacial score (nSPS) is 12.4. The number of allylic oxidation sites excluding steroid dienone is 4. The van der Waals surface area contributed by atoms with E-state index in [2.05, 4.69) is 225 Å². The third kappa shape index (κ3) is 7.45. The number of hydrogen-bond acceptors (Lipinski definition) is 3. The van der Waals surface area contributed by atoms with Crippen LogP contribution in [0.5, 0.6) is 0 Å². The molecule has 0 saturated heterocycles. The zero-order valence-electron chi connectivity index (χ0n) is 35.0. The molecule has 3 heterocycles. The highest BCUT2D eigenvalue weighted by Gasteiger charge is 2.17. The fourth-order valence-corrected chi connectivity index (χ4v) is 8.94. The summed E-state index contributed by atoms with van der Waals surface area (Å²) in [5.74, 6) is 0. The minimum absolute atomic E-state index is 0.909. The molecule has 63 heavy (non-hydrogen) atoms. The summed E-state index contributed by atoms with van der Waals surface area (Å²) in [4.78, 5) is 16.0. The second-order valence-corrected chi connectivity index (χ2v) is 16.3. The molecular weight excluding hydrogens is 763 g/mol. The summed E-state index contributed by atoms with van der Waals surface area (Å²) in [5.41, 5.74) is 20.6. The van der Waals surface area contributed by atoms with Crippen LogP contribution in [-0.4, -0.2) is 15.0 Å². The van der Waals surface area contributed by atoms with Gasteiger partial charge in [-0.05, 0) is 94.1 Å². The van der Waals surface area contributed by atoms with Crippen molar-refractivity contribution in [2.24, 2.45) is 0 Å². The molecule has 1 aliphatic rings. The van der Waals surface area contributed by atoms with Gasteiger partial charge in [-0.25, -0.2) is 15.0 Å². The first-order chi connectivity index (χ1) is 31.1. The topological polar surface area (TPSA) is 38.7 Å². The Bertz CT molecular complexity index is 3350. The van der Waals surface area contributed by atoms with Crippen molar-refractivity contribution in [3.05, 3.63) is 230 Å². The Balaban J connectivity index is 0.955. The van der Waals surface area contributed by atoms with Crippen molar-refractivity contribution in [3.8, 4) is 78.4 Å². The van der Waals surface area contributed by atoms with Gasteiger partial charge in [0.25, 0.3) is 0 Å². The molecule has 11 rings (SSSR count). The standard InChI is InChI=1S/C60H43N3/c1-40-53(45-29-25-42(26-30-45)41-15-6-2-7-16-41)38-56(46-19-10-4-11-20-46)62-58(40)48-31-27-43(28-32-48)50-23-14-24-51(37-50)55-36-34-49-33-35-52-54(44-17-8-3-9-18-44)39-57(47-21-12-5-13-22-47)63-60(52)59(49)61-55/h2,4-8,10-39H,3,9H2,1H3. The van der Waals surface area contributed by atoms with E-state index in [-0.39, 0.29) is 0 Å². The number of aromatic nitrogens is 3. The molecular formula is C60H43N3. The maximum atomic E-state index is 5.37. The molecule has 3 aromatic heterocycles. The maximum absolute atomic E-state index is 5.37. The number of hydrogen-bond donors (Lipinski definition) is 0. The van der Waals surface area contributed by atoms with Gasteiger partial charge in [-0.15, -0.1) is 0 Å². The first-order valence-electron chi connectivity index (χ1n) is 21.7. The van der Waals surface area contributed by atoms with E-state index < -0.39 is 0 Å². The Morgan fingerprint density at radius 2 is 0.905 bits per heavy atom. The summed E-state index contributed by atoms with van der Waals surface area (Å²) in [6, 6.07) is 71.1. The van der Waals surface area contributed by atoms with Crippen LogP contribution in [0.1, 0.15) is 24.0 Å². The first-order valence-corrected chi connectivity index (χ1v) is 21.7. The minimum atomic E-state index is 0.909. The van der Waals surface area contributed by atoms with Crippen molar-refractivity contribution in [3.63, 3.8) is 0 Å². The van der Waals surface area contributed by atoms with Crippen LogP contribution in [0, 0.1) is 6.92 Å². The van der Waals surface area contributed by atoms with Gasteiger partial charge in [-0.1, -0.05) is 194 Å². The monoisotopic (exact) mass is 805 g/mol. The van der Waals surface area contributed by atoms with Crippen LogP contribution >= 0.6 is 0 Å². The Hall–Kier alpha value is -8.01. The number of fused-ring (bicyclic) bond motifs is 3. The smallest absolute Gasteiger partial charge is 0.0978 e. The molecule has 0 bridgehead atoms. The molecule has 10 aromatic rings. The predicted molar refractivity (Wildman–Crippen MR) is 264 cm³/mol. The Labute approximate surface area is 368 Å². The van der Waals surface area contributed by atoms with Gasteiger partial charge in [0, 0.05) is 33.0 Å². The molecule has 298 valence electrons. The highest BCUT2D eigenvalue weighted by atomic mass is 14.8. The molecule has 0 radical (unpaired) electrons. The van der Waals surface area contributed by atoms with E-state index in [0.717, 1.165) is 96.4 Å². The zero-order chi connectivity index (χ0) is 42.1. The molecule has 0 unspecified atom stereocenters. The second-order valence-electron chi connectivity index (χ2n) is 16.3. The van der Waals surface area contributed by atoms with Crippen molar-refractivity contribution < 1.29 is 0 Å². The molecule has 0 N–H and O–H groups in total. The lowest BCUT2D eigenvalue weighted by molar-refractivity contribution is 1.04. The van der Waals surface area contributed by atoms with Gasteiger partial charge in [0.1, 0.15) is 0 Å². The Morgan fingerprint density at radius 3 is 1.59 bits per heavy atom. The van der Waals surface area contributed by atoms with Gasteiger partial charge in [-0.3, -0.25) is 0 Å². The number of nitrogens with zero attached hydrogens (tertiary/aromatic N) is 3. The second kappa shape index (κ2) is 16.5. The Kier molecular flexibility index (Phi) is 9.91. The molecule has 7 aromatic carbocycles. The van der Waals surface area contributed by atoms with E-state index in [1.807, 2.05) is 0 Å². The largest absolute Gasteiger partial charge is 0.247 e. The molecule has 0 spiro atoms. The summed E-state index contributed by atoms with van der Waals surface area (Å²) in [6.45, 7) is 2.19. The van der Waals surface area contributed by atoms with E-state index in [9.17, 15) is 0 Å². The van der Waals surface area contributed by atoms with Crippen molar-refractivity contribution in [1.29, 1.82) is 0 Å². The van der Waals surface area contributed by atoms with Crippen LogP contribution in [0.4, 0.5) is 0 Å². The van der Waals surface area contributed by atoms with E-state index in [1.165, 1.54) is 33.4 Å². The first kappa shape index (κ1) is 38.0. The molecule has 3 heteroatoms. The molecule has 0 saturated carbocycles. The Morgan fingerprint density at radius 1 is 0.365 bits per heavy atom. The van der Waals surface area contributed by atoms with Gasteiger partial charge in [0.05, 0.1) is 33.8 Å². The van der Waals surface area contributed by atoms with Crippen LogP contribution < -0.4 is 0 Å². The molecule has 0 atom stereocenters. The van der Waals surface area contributed by atoms with E-state index in [1.54, 1.807) is 0 Å². The number of pyridine rings is 3. The predicted octanol–water partition coefficient (Wildman–Crippen LogP) is 15.9. The molecule has 3 nitrogen and oxygen atoms in total. The zero-order valence-corrected chi connectivity index (χ0v) is 35.0. The lowest BCUT2D eigenvalue weighted by Gasteiger charge is -2.16. The fraction of sp³-hybridized carbons (Fsp3) is 0.0500. The van der Waals surface area contributed by atoms with Crippen LogP contribution in [0.2, 0.25) is 0 Å². The highest BCUT2D eigenvalue weighted by Crippen LogP contribution is 2.38. The van der Waals surface area contributed by atoms with Gasteiger partial charge >= 0.3 is 0 Å². The van der Waals surface area contributed by atoms with Gasteiger partial charge in [0.2, 0.25) is 0 Å². The highest BCUT2D eigenvalue weighted by molar-refractivity contribution is 6.09. The van der Waals surface area contributed by atoms with Crippen molar-refractivity contribution in [1.82, 2.24) is 15.0 Å². The van der Waals surface area contributed by atoms with E-state index in [4.69, 9.17) is 15.0 Å². The van der Waals surface area contributed by atoms with Gasteiger partial charge < -0.3 is 0 Å². The molecule has 0 amide bonds. The quantitative estimate of drug-likeness (QED) is 0.144. The summed E-state index contributed by atoms with van der Waals surface area (Å²) in [7, 11) is 0. The number of benzene rings is 7. The van der Waals surface area contributed by atoms with E-state index >= 15 is 0 Å². The van der Waals surface area contributed by atoms with Crippen molar-refractivity contribution >= 4 is 27.4 Å². The minimum Gasteiger partial charge on any atom is -0.247 e. The maximum Gasteiger partial charge on any atom is 0.0978 e. The van der Waals surface area contributed by atoms with Gasteiger partial charge in [-0.2, -0.15) is 0 Å². The fourth-order valence-electron chi connectivity index (χ4n) is 8.94. The SMILES string of the molecule is Cc1c(-c2ccc(-c3ccccc3)cc2)cc(-c2ccccc2)nc1-c1ccc(-c2cccc(-c3ccc4ccc5c(C6=CCCC=C6)cc(-c6ccccc6)nc5c4n3)c2)cc1. The van der Waals surface area contributed by atoms with Crippen molar-refractivity contribution in [2.45, 2.75) is 19.8 Å². The lowest BCUT2D eigenvalue weighted by atomic mass is 9.92. The summed E-state index contributed by atoms with van der Waals surface area (Å²) >= 11 is 0. The van der Waals surface area contributed by atoms with Crippen LogP contribution in [0.15, 0.2) is 218 Å². The third-order valence-electron chi connectivity index (χ3n) is 12.3.